The number of hydrogen-bond acceptors (Lipinski definition) is 5. The van der Waals surface area contributed by atoms with E-state index in [2.05, 4.69) is 9.98 Å². The highest BCUT2D eigenvalue weighted by Gasteiger charge is 2.02. The number of benzene rings is 1. The standard InChI is InChI=1S/C15H12N2O3/c18-13-4-1-3-12(11-13)5-6-15(19)20-14-7-10-16-8-2-9-17-14/h1-11,18H/b6-5?,8-2?,9-2-,10-7-,14-7?,16-8-,16-10?,17-9?,17-14+. The van der Waals surface area contributed by atoms with E-state index in [1.807, 2.05) is 0 Å². The smallest absolute Gasteiger partial charge is 0.337 e. The molecule has 0 aromatic heterocycles. The van der Waals surface area contributed by atoms with E-state index in [-0.39, 0.29) is 11.6 Å². The fourth-order valence-corrected chi connectivity index (χ4v) is 1.39. The highest BCUT2D eigenvalue weighted by atomic mass is 16.5. The number of hydrogen-bond donors (Lipinski definition) is 1. The first-order chi connectivity index (χ1) is 9.74. The van der Waals surface area contributed by atoms with E-state index in [0.717, 1.165) is 0 Å². The van der Waals surface area contributed by atoms with Gasteiger partial charge < -0.3 is 9.84 Å². The van der Waals surface area contributed by atoms with E-state index in [1.54, 1.807) is 36.6 Å². The summed E-state index contributed by atoms with van der Waals surface area (Å²) in [5.74, 6) is -0.269. The third-order valence-electron chi connectivity index (χ3n) is 2.25. The molecule has 0 bridgehead atoms. The second-order valence-corrected chi connectivity index (χ2v) is 3.77. The molecule has 1 aliphatic rings. The third-order valence-corrected chi connectivity index (χ3v) is 2.25. The lowest BCUT2D eigenvalue weighted by Gasteiger charge is -2.00. The number of esters is 1. The van der Waals surface area contributed by atoms with Crippen molar-refractivity contribution in [3.05, 3.63) is 60.5 Å². The van der Waals surface area contributed by atoms with E-state index < -0.39 is 5.97 Å². The van der Waals surface area contributed by atoms with Gasteiger partial charge in [-0.25, -0.2) is 9.79 Å². The number of rotatable bonds is 2. The molecule has 5 heteroatoms. The van der Waals surface area contributed by atoms with Gasteiger partial charge in [0.2, 0.25) is 5.90 Å². The van der Waals surface area contributed by atoms with E-state index in [1.165, 1.54) is 30.6 Å². The Morgan fingerprint density at radius 3 is 3.05 bits per heavy atom. The quantitative estimate of drug-likeness (QED) is 0.661. The predicted molar refractivity (Wildman–Crippen MR) is 77.4 cm³/mol. The van der Waals surface area contributed by atoms with Crippen LogP contribution in [0.3, 0.4) is 0 Å². The normalized spacial score (nSPS) is 21.3. The van der Waals surface area contributed by atoms with Crippen LogP contribution in [-0.4, -0.2) is 23.2 Å². The SMILES string of the molecule is O=C(C=Cc1cccc(O)c1)OC1=N/C=C\C=N/C=C\1. The Balaban J connectivity index is 1.99. The summed E-state index contributed by atoms with van der Waals surface area (Å²) in [6, 6.07) is 6.53. The largest absolute Gasteiger partial charge is 0.508 e. The molecule has 0 unspecified atom stereocenters. The molecular formula is C15H12N2O3. The fourth-order valence-electron chi connectivity index (χ4n) is 1.39. The van der Waals surface area contributed by atoms with Gasteiger partial charge in [0.05, 0.1) is 0 Å². The van der Waals surface area contributed by atoms with Gasteiger partial charge in [0.25, 0.3) is 0 Å². The average molecular weight is 268 g/mol. The summed E-state index contributed by atoms with van der Waals surface area (Å²) >= 11 is 0. The third kappa shape index (κ3) is 4.38. The van der Waals surface area contributed by atoms with Crippen LogP contribution in [0.25, 0.3) is 6.08 Å². The number of nitrogens with zero attached hydrogens (tertiary/aromatic N) is 2. The summed E-state index contributed by atoms with van der Waals surface area (Å²) in [4.78, 5) is 19.4. The van der Waals surface area contributed by atoms with Gasteiger partial charge in [-0.3, -0.25) is 4.99 Å². The monoisotopic (exact) mass is 268 g/mol. The van der Waals surface area contributed by atoms with Crippen LogP contribution in [-0.2, 0) is 9.53 Å². The Kier molecular flexibility index (Phi) is 4.61. The Labute approximate surface area is 116 Å². The molecule has 2 rings (SSSR count). The van der Waals surface area contributed by atoms with Crippen LogP contribution in [0.5, 0.6) is 5.75 Å². The fraction of sp³-hybridized carbons (Fsp3) is 0. The first-order valence-corrected chi connectivity index (χ1v) is 5.85. The highest BCUT2D eigenvalue weighted by Crippen LogP contribution is 2.12. The molecule has 1 aromatic carbocycles. The second kappa shape index (κ2) is 6.84. The van der Waals surface area contributed by atoms with Gasteiger partial charge in [-0.05, 0) is 29.8 Å². The number of aliphatic imine (C=N–C) groups is 2. The summed E-state index contributed by atoms with van der Waals surface area (Å²) < 4.78 is 5.03. The molecule has 1 N–H and O–H groups in total. The second-order valence-electron chi connectivity index (χ2n) is 3.77. The zero-order valence-electron chi connectivity index (χ0n) is 10.5. The Morgan fingerprint density at radius 2 is 2.20 bits per heavy atom. The Hall–Kier alpha value is -2.95. The van der Waals surface area contributed by atoms with Gasteiger partial charge in [0.1, 0.15) is 5.75 Å². The Morgan fingerprint density at radius 1 is 1.30 bits per heavy atom. The van der Waals surface area contributed by atoms with Crippen LogP contribution in [0.15, 0.2) is 64.9 Å². The van der Waals surface area contributed by atoms with Crippen molar-refractivity contribution in [3.63, 3.8) is 0 Å². The maximum Gasteiger partial charge on any atom is 0.337 e. The van der Waals surface area contributed by atoms with Crippen molar-refractivity contribution in [2.45, 2.75) is 0 Å². The molecule has 0 saturated carbocycles. The molecule has 5 nitrogen and oxygen atoms in total. The number of phenolic OH excluding ortho intramolecular Hbond substituents is 1. The maximum atomic E-state index is 11.6. The lowest BCUT2D eigenvalue weighted by Crippen LogP contribution is -2.07. The molecule has 1 aliphatic heterocycles. The highest BCUT2D eigenvalue weighted by molar-refractivity contribution is 6.01. The summed E-state index contributed by atoms with van der Waals surface area (Å²) in [6.45, 7) is 0. The molecule has 0 amide bonds. The van der Waals surface area contributed by atoms with Gasteiger partial charge in [-0.1, -0.05) is 12.1 Å². The molecule has 1 heterocycles. The van der Waals surface area contributed by atoms with Crippen LogP contribution >= 0.6 is 0 Å². The topological polar surface area (TPSA) is 71.2 Å². The molecule has 20 heavy (non-hydrogen) atoms. The number of allylic oxidation sites excluding steroid dienone is 1. The summed E-state index contributed by atoms with van der Waals surface area (Å²) in [5.41, 5.74) is 0.696. The maximum absolute atomic E-state index is 11.6. The van der Waals surface area contributed by atoms with Crippen LogP contribution in [0.1, 0.15) is 5.56 Å². The van der Waals surface area contributed by atoms with E-state index in [0.29, 0.717) is 5.56 Å². The number of phenols is 1. The number of carbonyl (C=O) groups is 1. The van der Waals surface area contributed by atoms with Gasteiger partial charge in [-0.2, -0.15) is 0 Å². The van der Waals surface area contributed by atoms with E-state index >= 15 is 0 Å². The Bertz CT molecular complexity index is 640. The van der Waals surface area contributed by atoms with Gasteiger partial charge >= 0.3 is 5.97 Å². The summed E-state index contributed by atoms with van der Waals surface area (Å²) in [5, 5.41) is 9.30. The van der Waals surface area contributed by atoms with E-state index in [4.69, 9.17) is 4.74 Å². The van der Waals surface area contributed by atoms with Gasteiger partial charge in [0.15, 0.2) is 0 Å². The van der Waals surface area contributed by atoms with Crippen LogP contribution in [0.2, 0.25) is 0 Å². The molecule has 0 radical (unpaired) electrons. The minimum absolute atomic E-state index is 0.135. The molecule has 100 valence electrons. The average Bonchev–Trinajstić information content (AvgIpc) is 2.39. The molecule has 1 aromatic rings. The first kappa shape index (κ1) is 13.5. The zero-order chi connectivity index (χ0) is 14.2. The summed E-state index contributed by atoms with van der Waals surface area (Å²) in [6.07, 6.45) is 10.4. The van der Waals surface area contributed by atoms with Crippen molar-refractivity contribution in [3.8, 4) is 5.75 Å². The lowest BCUT2D eigenvalue weighted by atomic mass is 10.2. The van der Waals surface area contributed by atoms with Gasteiger partial charge in [0, 0.05) is 30.8 Å². The predicted octanol–water partition coefficient (Wildman–Crippen LogP) is 2.46. The van der Waals surface area contributed by atoms with Crippen molar-refractivity contribution in [1.82, 2.24) is 0 Å². The molecular weight excluding hydrogens is 256 g/mol. The molecule has 0 fully saturated rings. The van der Waals surface area contributed by atoms with Crippen molar-refractivity contribution in [2.75, 3.05) is 0 Å². The molecule has 0 atom stereocenters. The lowest BCUT2D eigenvalue weighted by molar-refractivity contribution is -0.129. The van der Waals surface area contributed by atoms with Crippen molar-refractivity contribution < 1.29 is 14.6 Å². The van der Waals surface area contributed by atoms with Crippen molar-refractivity contribution in [1.29, 1.82) is 0 Å². The van der Waals surface area contributed by atoms with Crippen LogP contribution in [0.4, 0.5) is 0 Å². The zero-order valence-corrected chi connectivity index (χ0v) is 10.5. The minimum Gasteiger partial charge on any atom is -0.508 e. The van der Waals surface area contributed by atoms with E-state index in [9.17, 15) is 9.90 Å². The van der Waals surface area contributed by atoms with Gasteiger partial charge in [-0.15, -0.1) is 0 Å². The van der Waals surface area contributed by atoms with Crippen molar-refractivity contribution >= 4 is 24.2 Å². The number of carbonyl (C=O) groups excluding carboxylic acids is 1. The number of ether oxygens (including phenoxy) is 1. The van der Waals surface area contributed by atoms with Crippen LogP contribution in [0, 0.1) is 0 Å². The first-order valence-electron chi connectivity index (χ1n) is 5.85. The molecule has 0 saturated heterocycles. The van der Waals surface area contributed by atoms with Crippen molar-refractivity contribution in [2.24, 2.45) is 9.98 Å². The summed E-state index contributed by atoms with van der Waals surface area (Å²) in [7, 11) is 0. The van der Waals surface area contributed by atoms with Crippen LogP contribution < -0.4 is 0 Å². The minimum atomic E-state index is -0.560. The number of aromatic hydroxyl groups is 1. The molecule has 0 aliphatic carbocycles. The molecule has 0 spiro atoms.